The highest BCUT2D eigenvalue weighted by atomic mass is 32.1. The molecular weight excluding hydrogens is 284 g/mol. The Balaban J connectivity index is 1.68. The summed E-state index contributed by atoms with van der Waals surface area (Å²) in [6, 6.07) is 4.46. The summed E-state index contributed by atoms with van der Waals surface area (Å²) >= 11 is 1.71. The number of nitrogens with zero attached hydrogens (tertiary/aromatic N) is 1. The van der Waals surface area contributed by atoms with Gasteiger partial charge >= 0.3 is 0 Å². The molecule has 1 aromatic rings. The number of ether oxygens (including phenoxy) is 1. The molecule has 1 aromatic heterocycles. The maximum Gasteiger partial charge on any atom is 0.220 e. The van der Waals surface area contributed by atoms with Gasteiger partial charge in [-0.15, -0.1) is 11.3 Å². The molecule has 4 nitrogen and oxygen atoms in total. The number of aryl methyl sites for hydroxylation is 1. The standard InChI is InChI=1S/C16H26N2O2S/c1-12(18-10-13(2)20-14(3)11-18)9-17-16(19)7-6-15-5-4-8-21-15/h4-5,8,12-14H,6-7,9-11H2,1-3H3,(H,17,19)/t12-,13-,14+/m0/s1. The topological polar surface area (TPSA) is 41.6 Å². The van der Waals surface area contributed by atoms with Gasteiger partial charge in [-0.2, -0.15) is 0 Å². The molecule has 1 aliphatic heterocycles. The number of hydrogen-bond acceptors (Lipinski definition) is 4. The lowest BCUT2D eigenvalue weighted by Gasteiger charge is -2.39. The molecule has 2 heterocycles. The van der Waals surface area contributed by atoms with Gasteiger partial charge < -0.3 is 10.1 Å². The Bertz CT molecular complexity index is 425. The average molecular weight is 310 g/mol. The Hall–Kier alpha value is -0.910. The van der Waals surface area contributed by atoms with E-state index in [0.29, 0.717) is 19.0 Å². The van der Waals surface area contributed by atoms with Crippen LogP contribution in [0, 0.1) is 0 Å². The van der Waals surface area contributed by atoms with E-state index in [-0.39, 0.29) is 18.1 Å². The van der Waals surface area contributed by atoms with E-state index in [2.05, 4.69) is 42.4 Å². The Morgan fingerprint density at radius 2 is 2.19 bits per heavy atom. The summed E-state index contributed by atoms with van der Waals surface area (Å²) in [5, 5.41) is 5.11. The zero-order chi connectivity index (χ0) is 15.2. The predicted molar refractivity (Wildman–Crippen MR) is 86.7 cm³/mol. The van der Waals surface area contributed by atoms with E-state index in [1.54, 1.807) is 11.3 Å². The van der Waals surface area contributed by atoms with Gasteiger partial charge in [-0.05, 0) is 38.6 Å². The largest absolute Gasteiger partial charge is 0.373 e. The van der Waals surface area contributed by atoms with Crippen LogP contribution in [0.1, 0.15) is 32.1 Å². The van der Waals surface area contributed by atoms with Crippen molar-refractivity contribution < 1.29 is 9.53 Å². The molecule has 1 amide bonds. The Kier molecular flexibility index (Phi) is 6.21. The van der Waals surface area contributed by atoms with Crippen molar-refractivity contribution in [3.63, 3.8) is 0 Å². The van der Waals surface area contributed by atoms with Crippen LogP contribution in [0.15, 0.2) is 17.5 Å². The number of nitrogens with one attached hydrogen (secondary N) is 1. The monoisotopic (exact) mass is 310 g/mol. The van der Waals surface area contributed by atoms with Crippen LogP contribution in [0.2, 0.25) is 0 Å². The molecule has 2 rings (SSSR count). The molecule has 1 saturated heterocycles. The highest BCUT2D eigenvalue weighted by molar-refractivity contribution is 7.09. The molecule has 21 heavy (non-hydrogen) atoms. The SMILES string of the molecule is C[C@@H]1CN([C@@H](C)CNC(=O)CCc2cccs2)C[C@H](C)O1. The van der Waals surface area contributed by atoms with Crippen LogP contribution in [0.3, 0.4) is 0 Å². The molecule has 1 N–H and O–H groups in total. The quantitative estimate of drug-likeness (QED) is 0.876. The van der Waals surface area contributed by atoms with Gasteiger partial charge in [0, 0.05) is 37.0 Å². The average Bonchev–Trinajstić information content (AvgIpc) is 2.94. The predicted octanol–water partition coefficient (Wildman–Crippen LogP) is 2.29. The minimum atomic E-state index is 0.143. The summed E-state index contributed by atoms with van der Waals surface area (Å²) in [6.45, 7) is 8.98. The van der Waals surface area contributed by atoms with E-state index < -0.39 is 0 Å². The Morgan fingerprint density at radius 3 is 2.81 bits per heavy atom. The summed E-state index contributed by atoms with van der Waals surface area (Å²) in [5.74, 6) is 0.143. The lowest BCUT2D eigenvalue weighted by atomic mass is 10.1. The lowest BCUT2D eigenvalue weighted by Crippen LogP contribution is -2.52. The fraction of sp³-hybridized carbons (Fsp3) is 0.688. The van der Waals surface area contributed by atoms with Gasteiger partial charge in [-0.25, -0.2) is 0 Å². The van der Waals surface area contributed by atoms with Crippen molar-refractivity contribution >= 4 is 17.2 Å². The second-order valence-corrected chi connectivity index (χ2v) is 6.98. The zero-order valence-electron chi connectivity index (χ0n) is 13.2. The van der Waals surface area contributed by atoms with Crippen molar-refractivity contribution in [2.45, 2.75) is 51.9 Å². The van der Waals surface area contributed by atoms with Crippen molar-refractivity contribution in [2.75, 3.05) is 19.6 Å². The molecule has 118 valence electrons. The molecule has 0 aliphatic carbocycles. The van der Waals surface area contributed by atoms with Crippen LogP contribution >= 0.6 is 11.3 Å². The second-order valence-electron chi connectivity index (χ2n) is 5.94. The van der Waals surface area contributed by atoms with Crippen LogP contribution in [0.25, 0.3) is 0 Å². The van der Waals surface area contributed by atoms with Gasteiger partial charge in [-0.1, -0.05) is 6.07 Å². The summed E-state index contributed by atoms with van der Waals surface area (Å²) in [6.07, 6.45) is 1.95. The minimum Gasteiger partial charge on any atom is -0.373 e. The third-order valence-electron chi connectivity index (χ3n) is 3.84. The number of hydrogen-bond donors (Lipinski definition) is 1. The Morgan fingerprint density at radius 1 is 1.48 bits per heavy atom. The third kappa shape index (κ3) is 5.41. The highest BCUT2D eigenvalue weighted by Gasteiger charge is 2.25. The van der Waals surface area contributed by atoms with Crippen LogP contribution in [-0.2, 0) is 16.0 Å². The van der Waals surface area contributed by atoms with Gasteiger partial charge in [-0.3, -0.25) is 9.69 Å². The number of amides is 1. The zero-order valence-corrected chi connectivity index (χ0v) is 14.0. The van der Waals surface area contributed by atoms with Crippen molar-refractivity contribution in [1.82, 2.24) is 10.2 Å². The van der Waals surface area contributed by atoms with E-state index in [9.17, 15) is 4.79 Å². The van der Waals surface area contributed by atoms with Gasteiger partial charge in [0.2, 0.25) is 5.91 Å². The molecule has 0 spiro atoms. The molecule has 0 radical (unpaired) electrons. The third-order valence-corrected chi connectivity index (χ3v) is 4.78. The number of rotatable bonds is 6. The number of carbonyl (C=O) groups is 1. The highest BCUT2D eigenvalue weighted by Crippen LogP contribution is 2.13. The normalized spacial score (nSPS) is 24.7. The van der Waals surface area contributed by atoms with Crippen molar-refractivity contribution in [1.29, 1.82) is 0 Å². The molecule has 0 bridgehead atoms. The summed E-state index contributed by atoms with van der Waals surface area (Å²) in [4.78, 5) is 15.6. The van der Waals surface area contributed by atoms with Crippen LogP contribution in [0.5, 0.6) is 0 Å². The van der Waals surface area contributed by atoms with E-state index >= 15 is 0 Å². The molecular formula is C16H26N2O2S. The van der Waals surface area contributed by atoms with Gasteiger partial charge in [0.05, 0.1) is 12.2 Å². The smallest absolute Gasteiger partial charge is 0.220 e. The van der Waals surface area contributed by atoms with Crippen LogP contribution < -0.4 is 5.32 Å². The van der Waals surface area contributed by atoms with Crippen LogP contribution in [0.4, 0.5) is 0 Å². The van der Waals surface area contributed by atoms with E-state index in [4.69, 9.17) is 4.74 Å². The maximum absolute atomic E-state index is 11.9. The fourth-order valence-electron chi connectivity index (χ4n) is 2.75. The second kappa shape index (κ2) is 7.92. The minimum absolute atomic E-state index is 0.143. The summed E-state index contributed by atoms with van der Waals surface area (Å²) in [5.41, 5.74) is 0. The van der Waals surface area contributed by atoms with Gasteiger partial charge in [0.25, 0.3) is 0 Å². The summed E-state index contributed by atoms with van der Waals surface area (Å²) < 4.78 is 5.74. The van der Waals surface area contributed by atoms with Gasteiger partial charge in [0.1, 0.15) is 0 Å². The first-order valence-electron chi connectivity index (χ1n) is 7.73. The maximum atomic E-state index is 11.9. The number of carbonyl (C=O) groups excluding carboxylic acids is 1. The molecule has 5 heteroatoms. The van der Waals surface area contributed by atoms with Crippen LogP contribution in [-0.4, -0.2) is 48.7 Å². The Labute approximate surface area is 131 Å². The number of morpholine rings is 1. The molecule has 1 aliphatic rings. The molecule has 0 aromatic carbocycles. The van der Waals surface area contributed by atoms with E-state index in [0.717, 1.165) is 19.5 Å². The van der Waals surface area contributed by atoms with Gasteiger partial charge in [0.15, 0.2) is 0 Å². The van der Waals surface area contributed by atoms with Crippen molar-refractivity contribution in [3.8, 4) is 0 Å². The van der Waals surface area contributed by atoms with Crippen molar-refractivity contribution in [2.24, 2.45) is 0 Å². The first-order chi connectivity index (χ1) is 10.0. The fourth-order valence-corrected chi connectivity index (χ4v) is 3.46. The van der Waals surface area contributed by atoms with E-state index in [1.165, 1.54) is 4.88 Å². The summed E-state index contributed by atoms with van der Waals surface area (Å²) in [7, 11) is 0. The molecule has 0 unspecified atom stereocenters. The first kappa shape index (κ1) is 16.5. The molecule has 1 fully saturated rings. The van der Waals surface area contributed by atoms with E-state index in [1.807, 2.05) is 6.07 Å². The molecule has 0 saturated carbocycles. The van der Waals surface area contributed by atoms with Crippen molar-refractivity contribution in [3.05, 3.63) is 22.4 Å². The first-order valence-corrected chi connectivity index (χ1v) is 8.61. The lowest BCUT2D eigenvalue weighted by molar-refractivity contribution is -0.121. The number of thiophene rings is 1. The molecule has 3 atom stereocenters.